The van der Waals surface area contributed by atoms with Crippen molar-refractivity contribution < 1.29 is 14.3 Å². The predicted molar refractivity (Wildman–Crippen MR) is 79.6 cm³/mol. The summed E-state index contributed by atoms with van der Waals surface area (Å²) in [6.07, 6.45) is 0.181. The molecule has 0 saturated carbocycles. The molecule has 4 N–H and O–H groups in total. The summed E-state index contributed by atoms with van der Waals surface area (Å²) in [7, 11) is 0. The van der Waals surface area contributed by atoms with Crippen LogP contribution in [0.5, 0.6) is 0 Å². The Morgan fingerprint density at radius 1 is 1.57 bits per heavy atom. The number of carbonyl (C=O) groups excluding carboxylic acids is 1. The highest BCUT2D eigenvalue weighted by atomic mass is 19.1. The van der Waals surface area contributed by atoms with E-state index in [4.69, 9.17) is 11.0 Å². The summed E-state index contributed by atoms with van der Waals surface area (Å²) in [5.41, 5.74) is 4.78. The van der Waals surface area contributed by atoms with Crippen molar-refractivity contribution in [2.45, 2.75) is 25.5 Å². The van der Waals surface area contributed by atoms with Crippen LogP contribution in [0.15, 0.2) is 18.2 Å². The van der Waals surface area contributed by atoms with Gasteiger partial charge in [0.25, 0.3) is 5.91 Å². The third-order valence-corrected chi connectivity index (χ3v) is 3.91. The number of rotatable bonds is 3. The molecule has 2 heterocycles. The van der Waals surface area contributed by atoms with Crippen molar-refractivity contribution in [3.63, 3.8) is 0 Å². The van der Waals surface area contributed by atoms with Crippen LogP contribution in [0.2, 0.25) is 0 Å². The molecule has 0 spiro atoms. The molecule has 0 bridgehead atoms. The van der Waals surface area contributed by atoms with E-state index >= 15 is 0 Å². The quantitative estimate of drug-likeness (QED) is 0.781. The number of fused-ring (bicyclic) bond motifs is 1. The fourth-order valence-corrected chi connectivity index (χ4v) is 2.88. The van der Waals surface area contributed by atoms with Gasteiger partial charge < -0.3 is 16.2 Å². The fourth-order valence-electron chi connectivity index (χ4n) is 2.88. The zero-order valence-corrected chi connectivity index (χ0v) is 12.3. The monoisotopic (exact) mass is 315 g/mol. The number of anilines is 2. The number of hydrogen-bond acceptors (Lipinski definition) is 5. The highest BCUT2D eigenvalue weighted by Crippen LogP contribution is 2.44. The second kappa shape index (κ2) is 5.07. The molecule has 0 aliphatic carbocycles. The minimum atomic E-state index is -2.11. The first-order valence-corrected chi connectivity index (χ1v) is 6.93. The number of carbonyl (C=O) groups is 1. The van der Waals surface area contributed by atoms with Gasteiger partial charge in [-0.25, -0.2) is 9.07 Å². The first-order chi connectivity index (χ1) is 10.9. The summed E-state index contributed by atoms with van der Waals surface area (Å²) >= 11 is 0. The molecule has 8 heteroatoms. The Morgan fingerprint density at radius 3 is 3.00 bits per heavy atom. The summed E-state index contributed by atoms with van der Waals surface area (Å²) in [5.74, 6) is -1.22. The molecule has 1 aliphatic rings. The van der Waals surface area contributed by atoms with Crippen molar-refractivity contribution in [2.75, 3.05) is 11.1 Å². The second-order valence-corrected chi connectivity index (χ2v) is 5.33. The summed E-state index contributed by atoms with van der Waals surface area (Å²) in [6.45, 7) is 1.83. The Balaban J connectivity index is 2.19. The van der Waals surface area contributed by atoms with Crippen LogP contribution >= 0.6 is 0 Å². The van der Waals surface area contributed by atoms with Gasteiger partial charge in [-0.2, -0.15) is 10.4 Å². The van der Waals surface area contributed by atoms with E-state index in [1.807, 2.05) is 6.07 Å². The Morgan fingerprint density at radius 2 is 2.30 bits per heavy atom. The number of nitrogens with zero attached hydrogens (tertiary/aromatic N) is 3. The van der Waals surface area contributed by atoms with Gasteiger partial charge in [0.1, 0.15) is 11.6 Å². The van der Waals surface area contributed by atoms with Crippen LogP contribution in [0.3, 0.4) is 0 Å². The van der Waals surface area contributed by atoms with Crippen LogP contribution < -0.4 is 11.1 Å². The average molecular weight is 315 g/mol. The number of nitrogens with two attached hydrogens (primary N) is 1. The molecule has 3 rings (SSSR count). The van der Waals surface area contributed by atoms with E-state index in [-0.39, 0.29) is 29.9 Å². The van der Waals surface area contributed by atoms with Crippen molar-refractivity contribution in [1.82, 2.24) is 9.78 Å². The van der Waals surface area contributed by atoms with Crippen LogP contribution in [0.4, 0.5) is 15.9 Å². The van der Waals surface area contributed by atoms with E-state index in [0.29, 0.717) is 11.4 Å². The number of nitriles is 1. The van der Waals surface area contributed by atoms with Crippen molar-refractivity contribution in [2.24, 2.45) is 0 Å². The minimum Gasteiger partial charge on any atom is -0.384 e. The molecule has 23 heavy (non-hydrogen) atoms. The van der Waals surface area contributed by atoms with Gasteiger partial charge in [-0.15, -0.1) is 0 Å². The van der Waals surface area contributed by atoms with E-state index < -0.39 is 17.3 Å². The maximum Gasteiger partial charge on any atom is 0.266 e. The highest BCUT2D eigenvalue weighted by Gasteiger charge is 2.50. The lowest BCUT2D eigenvalue weighted by atomic mass is 9.87. The van der Waals surface area contributed by atoms with Crippen molar-refractivity contribution >= 4 is 17.4 Å². The molecule has 1 unspecified atom stereocenters. The molecular weight excluding hydrogens is 301 g/mol. The lowest BCUT2D eigenvalue weighted by molar-refractivity contribution is -0.129. The first-order valence-electron chi connectivity index (χ1n) is 6.93. The summed E-state index contributed by atoms with van der Waals surface area (Å²) in [5, 5.41) is 26.4. The normalized spacial score (nSPS) is 19.3. The van der Waals surface area contributed by atoms with Crippen LogP contribution in [0, 0.1) is 24.1 Å². The average Bonchev–Trinajstić information content (AvgIpc) is 2.93. The molecule has 1 amide bonds. The van der Waals surface area contributed by atoms with Gasteiger partial charge in [0, 0.05) is 11.3 Å². The second-order valence-electron chi connectivity index (χ2n) is 5.33. The number of hydrogen-bond donors (Lipinski definition) is 3. The molecule has 7 nitrogen and oxygen atoms in total. The number of nitrogen functional groups attached to an aromatic ring is 1. The Kier molecular flexibility index (Phi) is 3.30. The first kappa shape index (κ1) is 15.0. The molecule has 1 aliphatic heterocycles. The summed E-state index contributed by atoms with van der Waals surface area (Å²) < 4.78 is 14.9. The lowest BCUT2D eigenvalue weighted by Gasteiger charge is -2.21. The van der Waals surface area contributed by atoms with Gasteiger partial charge in [-0.1, -0.05) is 0 Å². The standard InChI is InChI=1S/C15H14FN5O2/c1-8-12(13(18)21(20-8)6-2-5-17)15(23)10-7-9(16)3-4-11(10)19-14(15)22/h3-4,7,23H,2,6,18H2,1H3,(H,19,22). The molecule has 1 aromatic heterocycles. The number of nitrogens with one attached hydrogen (secondary N) is 1. The van der Waals surface area contributed by atoms with Crippen molar-refractivity contribution in [3.8, 4) is 6.07 Å². The third-order valence-electron chi connectivity index (χ3n) is 3.91. The van der Waals surface area contributed by atoms with E-state index in [9.17, 15) is 14.3 Å². The number of halogens is 1. The number of aromatic nitrogens is 2. The van der Waals surface area contributed by atoms with Crippen LogP contribution in [-0.2, 0) is 16.9 Å². The van der Waals surface area contributed by atoms with Gasteiger partial charge in [0.05, 0.1) is 30.3 Å². The summed E-state index contributed by atoms with van der Waals surface area (Å²) in [6, 6.07) is 5.64. The molecule has 1 aromatic carbocycles. The van der Waals surface area contributed by atoms with Crippen LogP contribution in [-0.4, -0.2) is 20.8 Å². The van der Waals surface area contributed by atoms with Gasteiger partial charge in [0.2, 0.25) is 5.60 Å². The Hall–Kier alpha value is -2.92. The maximum absolute atomic E-state index is 13.6. The number of aryl methyl sites for hydroxylation is 2. The molecular formula is C15H14FN5O2. The van der Waals surface area contributed by atoms with Gasteiger partial charge in [-0.3, -0.25) is 4.79 Å². The zero-order chi connectivity index (χ0) is 16.8. The van der Waals surface area contributed by atoms with Crippen LogP contribution in [0.25, 0.3) is 0 Å². The molecule has 0 saturated heterocycles. The van der Waals surface area contributed by atoms with Crippen molar-refractivity contribution in [1.29, 1.82) is 5.26 Å². The van der Waals surface area contributed by atoms with Crippen molar-refractivity contribution in [3.05, 3.63) is 40.8 Å². The SMILES string of the molecule is Cc1nn(CCC#N)c(N)c1C1(O)C(=O)Nc2ccc(F)cc21. The van der Waals surface area contributed by atoms with E-state index in [0.717, 1.165) is 6.07 Å². The molecule has 2 aromatic rings. The Bertz CT molecular complexity index is 854. The largest absolute Gasteiger partial charge is 0.384 e. The number of aliphatic hydroxyl groups is 1. The molecule has 0 fully saturated rings. The minimum absolute atomic E-state index is 0.0764. The smallest absolute Gasteiger partial charge is 0.266 e. The van der Waals surface area contributed by atoms with E-state index in [1.54, 1.807) is 6.92 Å². The highest BCUT2D eigenvalue weighted by molar-refractivity contribution is 6.08. The zero-order valence-electron chi connectivity index (χ0n) is 12.3. The summed E-state index contributed by atoms with van der Waals surface area (Å²) in [4.78, 5) is 12.4. The van der Waals surface area contributed by atoms with Gasteiger partial charge in [-0.05, 0) is 25.1 Å². The lowest BCUT2D eigenvalue weighted by Crippen LogP contribution is -2.36. The topological polar surface area (TPSA) is 117 Å². The number of amides is 1. The molecule has 1 atom stereocenters. The predicted octanol–water partition coefficient (Wildman–Crippen LogP) is 1.01. The van der Waals surface area contributed by atoms with E-state index in [2.05, 4.69) is 10.4 Å². The van der Waals surface area contributed by atoms with Gasteiger partial charge in [0.15, 0.2) is 0 Å². The third kappa shape index (κ3) is 2.05. The fraction of sp³-hybridized carbons (Fsp3) is 0.267. The van der Waals surface area contributed by atoms with Gasteiger partial charge >= 0.3 is 0 Å². The van der Waals surface area contributed by atoms with E-state index in [1.165, 1.54) is 16.8 Å². The van der Waals surface area contributed by atoms with Crippen LogP contribution in [0.1, 0.15) is 23.2 Å². The molecule has 0 radical (unpaired) electrons. The molecule has 118 valence electrons. The Labute approximate surface area is 131 Å². The number of benzene rings is 1. The maximum atomic E-state index is 13.6.